The van der Waals surface area contributed by atoms with Crippen LogP contribution in [0.3, 0.4) is 0 Å². The summed E-state index contributed by atoms with van der Waals surface area (Å²) in [6, 6.07) is 5.48. The van der Waals surface area contributed by atoms with Crippen molar-refractivity contribution in [2.45, 2.75) is 18.9 Å². The molecule has 1 fully saturated rings. The topological polar surface area (TPSA) is 40.5 Å². The van der Waals surface area contributed by atoms with Gasteiger partial charge in [0.25, 0.3) is 5.91 Å². The van der Waals surface area contributed by atoms with Crippen molar-refractivity contribution in [2.24, 2.45) is 0 Å². The number of carbonyl (C=O) groups excluding carboxylic acids is 1. The van der Waals surface area contributed by atoms with Crippen molar-refractivity contribution in [1.29, 1.82) is 0 Å². The molecule has 0 spiro atoms. The Labute approximate surface area is 114 Å². The number of aliphatic hydroxyl groups excluding tert-OH is 1. The van der Waals surface area contributed by atoms with Crippen molar-refractivity contribution in [2.75, 3.05) is 13.2 Å². The van der Waals surface area contributed by atoms with Crippen LogP contribution in [0.25, 0.3) is 0 Å². The highest BCUT2D eigenvalue weighted by molar-refractivity contribution is 9.10. The highest BCUT2D eigenvalue weighted by Gasteiger charge is 2.33. The van der Waals surface area contributed by atoms with Crippen LogP contribution in [0.1, 0.15) is 23.2 Å². The maximum Gasteiger partial charge on any atom is 0.255 e. The summed E-state index contributed by atoms with van der Waals surface area (Å²) < 4.78 is 0.846. The first-order valence-electron chi connectivity index (χ1n) is 5.50. The van der Waals surface area contributed by atoms with E-state index in [4.69, 9.17) is 16.7 Å². The predicted molar refractivity (Wildman–Crippen MR) is 70.3 cm³/mol. The van der Waals surface area contributed by atoms with Gasteiger partial charge in [-0.2, -0.15) is 0 Å². The third-order valence-electron chi connectivity index (χ3n) is 2.75. The lowest BCUT2D eigenvalue weighted by Gasteiger charge is -2.21. The third kappa shape index (κ3) is 3.00. The number of halogens is 2. The van der Waals surface area contributed by atoms with Crippen LogP contribution in [0, 0.1) is 0 Å². The fourth-order valence-electron chi connectivity index (χ4n) is 1.76. The summed E-state index contributed by atoms with van der Waals surface area (Å²) >= 11 is 9.36. The number of carbonyl (C=O) groups is 1. The van der Waals surface area contributed by atoms with E-state index in [1.165, 1.54) is 0 Å². The Kier molecular flexibility index (Phi) is 4.07. The second kappa shape index (κ2) is 5.38. The van der Waals surface area contributed by atoms with E-state index in [0.29, 0.717) is 17.1 Å². The molecule has 0 aliphatic heterocycles. The second-order valence-corrected chi connectivity index (χ2v) is 5.40. The second-order valence-electron chi connectivity index (χ2n) is 4.08. The number of hydrogen-bond donors (Lipinski definition) is 1. The first-order valence-corrected chi connectivity index (χ1v) is 6.67. The Bertz CT molecular complexity index is 435. The van der Waals surface area contributed by atoms with Crippen molar-refractivity contribution >= 4 is 33.4 Å². The van der Waals surface area contributed by atoms with Gasteiger partial charge < -0.3 is 10.0 Å². The fraction of sp³-hybridized carbons (Fsp3) is 0.417. The molecule has 0 atom stereocenters. The smallest absolute Gasteiger partial charge is 0.255 e. The van der Waals surface area contributed by atoms with Gasteiger partial charge in [-0.1, -0.05) is 27.5 Å². The molecule has 0 heterocycles. The molecule has 1 saturated carbocycles. The van der Waals surface area contributed by atoms with Gasteiger partial charge in [0.15, 0.2) is 0 Å². The van der Waals surface area contributed by atoms with Gasteiger partial charge in [-0.15, -0.1) is 0 Å². The maximum atomic E-state index is 12.3. The molecule has 0 bridgehead atoms. The van der Waals surface area contributed by atoms with Crippen molar-refractivity contribution in [1.82, 2.24) is 4.90 Å². The molecule has 92 valence electrons. The molecule has 17 heavy (non-hydrogen) atoms. The van der Waals surface area contributed by atoms with Crippen molar-refractivity contribution in [3.05, 3.63) is 33.3 Å². The molecule has 1 aliphatic rings. The van der Waals surface area contributed by atoms with Crippen molar-refractivity contribution in [3.8, 4) is 0 Å². The van der Waals surface area contributed by atoms with Crippen LogP contribution in [0.15, 0.2) is 22.7 Å². The summed E-state index contributed by atoms with van der Waals surface area (Å²) in [6.45, 7) is 0.353. The van der Waals surface area contributed by atoms with E-state index in [0.717, 1.165) is 17.3 Å². The number of benzene rings is 1. The van der Waals surface area contributed by atoms with Gasteiger partial charge in [-0.05, 0) is 31.0 Å². The molecule has 0 aromatic heterocycles. The highest BCUT2D eigenvalue weighted by atomic mass is 79.9. The van der Waals surface area contributed by atoms with Gasteiger partial charge in [-0.25, -0.2) is 0 Å². The summed E-state index contributed by atoms with van der Waals surface area (Å²) in [6.07, 6.45) is 2.03. The molecule has 1 N–H and O–H groups in total. The molecule has 0 unspecified atom stereocenters. The third-order valence-corrected chi connectivity index (χ3v) is 3.56. The lowest BCUT2D eigenvalue weighted by molar-refractivity contribution is 0.0708. The molecule has 2 rings (SSSR count). The van der Waals surface area contributed by atoms with Gasteiger partial charge in [0.2, 0.25) is 0 Å². The fourth-order valence-corrected chi connectivity index (χ4v) is 2.52. The van der Waals surface area contributed by atoms with E-state index in [1.807, 2.05) is 0 Å². The monoisotopic (exact) mass is 317 g/mol. The number of nitrogens with zero attached hydrogens (tertiary/aromatic N) is 1. The van der Waals surface area contributed by atoms with E-state index < -0.39 is 0 Å². The van der Waals surface area contributed by atoms with Crippen molar-refractivity contribution in [3.63, 3.8) is 0 Å². The standard InChI is InChI=1S/C12H13BrClNO2/c13-8-1-4-10(11(14)7-8)12(17)15(5-6-16)9-2-3-9/h1,4,7,9,16H,2-3,5-6H2. The number of aliphatic hydroxyl groups is 1. The van der Waals surface area contributed by atoms with Gasteiger partial charge >= 0.3 is 0 Å². The zero-order chi connectivity index (χ0) is 12.4. The molecule has 1 aromatic rings. The summed E-state index contributed by atoms with van der Waals surface area (Å²) in [5.74, 6) is -0.0981. The van der Waals surface area contributed by atoms with Crippen molar-refractivity contribution < 1.29 is 9.90 Å². The molecule has 1 amide bonds. The van der Waals surface area contributed by atoms with Crippen LogP contribution in [-0.2, 0) is 0 Å². The van der Waals surface area contributed by atoms with Gasteiger partial charge in [0, 0.05) is 17.1 Å². The maximum absolute atomic E-state index is 12.3. The van der Waals surface area contributed by atoms with E-state index in [1.54, 1.807) is 23.1 Å². The number of rotatable bonds is 4. The summed E-state index contributed by atoms with van der Waals surface area (Å²) in [4.78, 5) is 14.0. The minimum absolute atomic E-state index is 0.0175. The van der Waals surface area contributed by atoms with Crippen LogP contribution in [-0.4, -0.2) is 35.1 Å². The molecule has 1 aromatic carbocycles. The summed E-state index contributed by atoms with van der Waals surface area (Å²) in [7, 11) is 0. The Balaban J connectivity index is 2.22. The van der Waals surface area contributed by atoms with Crippen LogP contribution in [0.5, 0.6) is 0 Å². The Hall–Kier alpha value is -0.580. The molecule has 5 heteroatoms. The van der Waals surface area contributed by atoms with E-state index >= 15 is 0 Å². The minimum Gasteiger partial charge on any atom is -0.395 e. The van der Waals surface area contributed by atoms with Crippen LogP contribution >= 0.6 is 27.5 Å². The minimum atomic E-state index is -0.0981. The summed E-state index contributed by atoms with van der Waals surface area (Å²) in [5.41, 5.74) is 0.496. The Morgan fingerprint density at radius 1 is 1.53 bits per heavy atom. The predicted octanol–water partition coefficient (Wildman–Crippen LogP) is 2.70. The lowest BCUT2D eigenvalue weighted by Crippen LogP contribution is -2.35. The summed E-state index contributed by atoms with van der Waals surface area (Å²) in [5, 5.41) is 9.43. The Morgan fingerprint density at radius 3 is 2.76 bits per heavy atom. The molecule has 0 radical (unpaired) electrons. The van der Waals surface area contributed by atoms with Gasteiger partial charge in [0.05, 0.1) is 17.2 Å². The highest BCUT2D eigenvalue weighted by Crippen LogP contribution is 2.30. The lowest BCUT2D eigenvalue weighted by atomic mass is 10.2. The quantitative estimate of drug-likeness (QED) is 0.927. The van der Waals surface area contributed by atoms with E-state index in [9.17, 15) is 4.79 Å². The van der Waals surface area contributed by atoms with Gasteiger partial charge in [-0.3, -0.25) is 4.79 Å². The molecular weight excluding hydrogens is 305 g/mol. The van der Waals surface area contributed by atoms with E-state index in [2.05, 4.69) is 15.9 Å². The SMILES string of the molecule is O=C(c1ccc(Br)cc1Cl)N(CCO)C1CC1. The zero-order valence-corrected chi connectivity index (χ0v) is 11.5. The molecule has 0 saturated heterocycles. The molecule has 3 nitrogen and oxygen atoms in total. The Morgan fingerprint density at radius 2 is 2.24 bits per heavy atom. The van der Waals surface area contributed by atoms with E-state index in [-0.39, 0.29) is 18.6 Å². The zero-order valence-electron chi connectivity index (χ0n) is 9.20. The largest absolute Gasteiger partial charge is 0.395 e. The molecule has 1 aliphatic carbocycles. The number of amides is 1. The first kappa shape index (κ1) is 12.9. The van der Waals surface area contributed by atoms with Gasteiger partial charge in [0.1, 0.15) is 0 Å². The normalized spacial score (nSPS) is 14.8. The van der Waals surface area contributed by atoms with Crippen LogP contribution < -0.4 is 0 Å². The first-order chi connectivity index (χ1) is 8.13. The average Bonchev–Trinajstić information content (AvgIpc) is 3.09. The van der Waals surface area contributed by atoms with Crippen LogP contribution in [0.4, 0.5) is 0 Å². The average molecular weight is 319 g/mol. The van der Waals surface area contributed by atoms with Crippen LogP contribution in [0.2, 0.25) is 5.02 Å². The molecular formula is C12H13BrClNO2. The number of hydrogen-bond acceptors (Lipinski definition) is 2.